The van der Waals surface area contributed by atoms with Crippen molar-refractivity contribution in [1.29, 1.82) is 0 Å². The summed E-state index contributed by atoms with van der Waals surface area (Å²) in [5.41, 5.74) is -1.05. The van der Waals surface area contributed by atoms with Crippen LogP contribution in [0.25, 0.3) is 0 Å². The Morgan fingerprint density at radius 3 is 2.81 bits per heavy atom. The van der Waals surface area contributed by atoms with Crippen LogP contribution in [-0.2, 0) is 19.1 Å². The minimum absolute atomic E-state index is 0.0125. The van der Waals surface area contributed by atoms with Gasteiger partial charge in [0.2, 0.25) is 0 Å². The molecule has 0 aromatic heterocycles. The highest BCUT2D eigenvalue weighted by Gasteiger charge is 2.75. The van der Waals surface area contributed by atoms with Gasteiger partial charge in [0.15, 0.2) is 23.5 Å². The van der Waals surface area contributed by atoms with Crippen LogP contribution < -0.4 is 0 Å². The fraction of sp³-hybridized carbons (Fsp3) is 0.760. The van der Waals surface area contributed by atoms with E-state index < -0.39 is 36.1 Å². The Morgan fingerprint density at radius 1 is 1.32 bits per heavy atom. The smallest absolute Gasteiger partial charge is 0.193 e. The van der Waals surface area contributed by atoms with Crippen molar-refractivity contribution in [3.8, 4) is 0 Å². The normalized spacial score (nSPS) is 50.4. The number of carbonyl (C=O) groups excluding carboxylic acids is 2. The van der Waals surface area contributed by atoms with Crippen LogP contribution in [0.1, 0.15) is 59.3 Å². The summed E-state index contributed by atoms with van der Waals surface area (Å²) < 4.78 is 12.7. The van der Waals surface area contributed by atoms with Gasteiger partial charge in [-0.2, -0.15) is 0 Å². The Bertz CT molecular complexity index is 862. The molecule has 0 amide bonds. The monoisotopic (exact) mass is 430 g/mol. The summed E-state index contributed by atoms with van der Waals surface area (Å²) in [6, 6.07) is 0. The number of Topliss-reactive ketones (excluding diaryl/α,β-unsaturated/α-hetero) is 1. The van der Waals surface area contributed by atoms with E-state index in [1.807, 2.05) is 6.08 Å². The van der Waals surface area contributed by atoms with Gasteiger partial charge in [-0.15, -0.1) is 0 Å². The van der Waals surface area contributed by atoms with Crippen LogP contribution in [0.4, 0.5) is 0 Å². The first-order valence-electron chi connectivity index (χ1n) is 11.8. The predicted molar refractivity (Wildman–Crippen MR) is 113 cm³/mol. The summed E-state index contributed by atoms with van der Waals surface area (Å²) in [5, 5.41) is 21.4. The number of aliphatic hydroxyl groups is 2. The van der Waals surface area contributed by atoms with E-state index in [1.165, 1.54) is 0 Å². The largest absolute Gasteiger partial charge is 0.393 e. The third-order valence-corrected chi connectivity index (χ3v) is 9.37. The average molecular weight is 431 g/mol. The Hall–Kier alpha value is -1.34. The second-order valence-corrected chi connectivity index (χ2v) is 10.7. The molecule has 0 aromatic rings. The molecule has 9 atom stereocenters. The lowest BCUT2D eigenvalue weighted by Crippen LogP contribution is -2.63. The molecule has 0 bridgehead atoms. The van der Waals surface area contributed by atoms with Crippen LogP contribution in [0.5, 0.6) is 0 Å². The molecular formula is C25H34O6. The Labute approximate surface area is 183 Å². The number of aliphatic hydroxyl groups excluding tert-OH is 2. The topological polar surface area (TPSA) is 93.1 Å². The molecule has 0 spiro atoms. The summed E-state index contributed by atoms with van der Waals surface area (Å²) in [5.74, 6) is 0.0274. The lowest BCUT2D eigenvalue weighted by atomic mass is 9.46. The number of hydrogen-bond donors (Lipinski definition) is 2. The van der Waals surface area contributed by atoms with Crippen molar-refractivity contribution in [2.24, 2.45) is 28.6 Å². The molecule has 0 aromatic carbocycles. The number of carbonyl (C=O) groups is 2. The Morgan fingerprint density at radius 2 is 2.10 bits per heavy atom. The first-order valence-corrected chi connectivity index (χ1v) is 11.8. The van der Waals surface area contributed by atoms with Crippen molar-refractivity contribution >= 4 is 11.6 Å². The molecule has 1 aliphatic heterocycles. The predicted octanol–water partition coefficient (Wildman–Crippen LogP) is 2.72. The molecule has 7 unspecified atom stereocenters. The molecule has 4 fully saturated rings. The average Bonchev–Trinajstić information content (AvgIpc) is 3.20. The molecule has 5 rings (SSSR count). The molecule has 31 heavy (non-hydrogen) atoms. The zero-order chi connectivity index (χ0) is 22.2. The molecule has 1 saturated heterocycles. The Balaban J connectivity index is 1.55. The van der Waals surface area contributed by atoms with E-state index in [0.717, 1.165) is 24.8 Å². The van der Waals surface area contributed by atoms with E-state index in [9.17, 15) is 19.8 Å². The number of fused-ring (bicyclic) bond motifs is 7. The van der Waals surface area contributed by atoms with Crippen LogP contribution in [0.15, 0.2) is 23.8 Å². The maximum absolute atomic E-state index is 13.2. The number of ether oxygens (including phenoxy) is 2. The van der Waals surface area contributed by atoms with Crippen LogP contribution in [0.2, 0.25) is 0 Å². The van der Waals surface area contributed by atoms with E-state index >= 15 is 0 Å². The van der Waals surface area contributed by atoms with E-state index in [0.29, 0.717) is 19.3 Å². The molecular weight excluding hydrogens is 396 g/mol. The highest BCUT2D eigenvalue weighted by Crippen LogP contribution is 2.69. The van der Waals surface area contributed by atoms with Gasteiger partial charge in [-0.25, -0.2) is 0 Å². The zero-order valence-electron chi connectivity index (χ0n) is 18.7. The molecule has 2 N–H and O–H groups in total. The van der Waals surface area contributed by atoms with Crippen LogP contribution in [0.3, 0.4) is 0 Å². The van der Waals surface area contributed by atoms with Crippen molar-refractivity contribution < 1.29 is 29.3 Å². The van der Waals surface area contributed by atoms with E-state index in [1.54, 1.807) is 12.2 Å². The van der Waals surface area contributed by atoms with Crippen LogP contribution >= 0.6 is 0 Å². The van der Waals surface area contributed by atoms with Crippen molar-refractivity contribution in [3.05, 3.63) is 23.8 Å². The highest BCUT2D eigenvalue weighted by atomic mass is 16.7. The second kappa shape index (κ2) is 7.08. The minimum Gasteiger partial charge on any atom is -0.393 e. The van der Waals surface area contributed by atoms with Gasteiger partial charge in [0.1, 0.15) is 6.61 Å². The summed E-state index contributed by atoms with van der Waals surface area (Å²) in [6.45, 7) is 5.67. The number of rotatable bonds is 4. The lowest BCUT2D eigenvalue weighted by molar-refractivity contribution is -0.200. The summed E-state index contributed by atoms with van der Waals surface area (Å²) in [4.78, 5) is 25.2. The molecule has 1 heterocycles. The first-order chi connectivity index (χ1) is 14.7. The molecule has 5 aliphatic rings. The van der Waals surface area contributed by atoms with E-state index in [2.05, 4.69) is 20.8 Å². The van der Waals surface area contributed by atoms with Crippen molar-refractivity contribution in [2.75, 3.05) is 6.61 Å². The van der Waals surface area contributed by atoms with Gasteiger partial charge in [0.05, 0.1) is 12.2 Å². The van der Waals surface area contributed by atoms with Gasteiger partial charge in [-0.05, 0) is 56.1 Å². The maximum atomic E-state index is 13.2. The van der Waals surface area contributed by atoms with Gasteiger partial charge in [0, 0.05) is 16.7 Å². The second-order valence-electron chi connectivity index (χ2n) is 10.7. The minimum atomic E-state index is -1.20. The van der Waals surface area contributed by atoms with Gasteiger partial charge in [-0.3, -0.25) is 9.59 Å². The molecule has 0 radical (unpaired) electrons. The van der Waals surface area contributed by atoms with Crippen LogP contribution in [0, 0.1) is 28.6 Å². The molecule has 170 valence electrons. The maximum Gasteiger partial charge on any atom is 0.193 e. The number of hydrogen-bond acceptors (Lipinski definition) is 6. The molecule has 6 heteroatoms. The molecule has 3 saturated carbocycles. The third kappa shape index (κ3) is 2.65. The van der Waals surface area contributed by atoms with E-state index in [4.69, 9.17) is 9.47 Å². The zero-order valence-corrected chi connectivity index (χ0v) is 18.7. The quantitative estimate of drug-likeness (QED) is 0.712. The van der Waals surface area contributed by atoms with E-state index in [-0.39, 0.29) is 34.7 Å². The number of ketones is 2. The first kappa shape index (κ1) is 21.5. The Kier molecular flexibility index (Phi) is 4.91. The van der Waals surface area contributed by atoms with Crippen LogP contribution in [-0.4, -0.2) is 52.5 Å². The molecule has 4 aliphatic carbocycles. The van der Waals surface area contributed by atoms with Gasteiger partial charge >= 0.3 is 0 Å². The summed E-state index contributed by atoms with van der Waals surface area (Å²) in [7, 11) is 0. The fourth-order valence-corrected chi connectivity index (χ4v) is 8.12. The number of allylic oxidation sites excluding steroid dienone is 4. The lowest BCUT2D eigenvalue weighted by Gasteiger charge is -2.59. The van der Waals surface area contributed by atoms with Crippen molar-refractivity contribution in [2.45, 2.75) is 83.4 Å². The van der Waals surface area contributed by atoms with Gasteiger partial charge in [-0.1, -0.05) is 38.8 Å². The third-order valence-electron chi connectivity index (χ3n) is 9.37. The fourth-order valence-electron chi connectivity index (χ4n) is 8.12. The van der Waals surface area contributed by atoms with Crippen molar-refractivity contribution in [3.63, 3.8) is 0 Å². The highest BCUT2D eigenvalue weighted by molar-refractivity contribution is 6.01. The summed E-state index contributed by atoms with van der Waals surface area (Å²) in [6.07, 6.45) is 8.31. The van der Waals surface area contributed by atoms with Gasteiger partial charge < -0.3 is 19.7 Å². The molecule has 6 nitrogen and oxygen atoms in total. The SMILES string of the molecule is CCCC1O[C@@H]2CC3C4CCC5=CC(=O)C=CC5(C)C4C(O)CC3(C)[C@]2(C(=O)CO)O1. The standard InChI is InChI=1S/C25H34O6/c1-4-5-21-30-20-11-17-16-7-6-14-10-15(27)8-9-23(14,2)22(16)18(28)12-24(17,3)25(20,31-21)19(29)13-26/h8-10,16-18,20-22,26,28H,4-7,11-13H2,1-3H3/t16?,17?,18?,20-,21?,22?,23?,24?,25-/m1/s1. The van der Waals surface area contributed by atoms with Gasteiger partial charge in [0.25, 0.3) is 0 Å². The summed E-state index contributed by atoms with van der Waals surface area (Å²) >= 11 is 0. The van der Waals surface area contributed by atoms with Crippen molar-refractivity contribution in [1.82, 2.24) is 0 Å².